The van der Waals surface area contributed by atoms with Crippen molar-refractivity contribution in [1.29, 1.82) is 0 Å². The predicted molar refractivity (Wildman–Crippen MR) is 92.6 cm³/mol. The van der Waals surface area contributed by atoms with Gasteiger partial charge in [0.15, 0.2) is 0 Å². The molecule has 0 saturated carbocycles. The van der Waals surface area contributed by atoms with E-state index in [2.05, 4.69) is 19.6 Å². The average molecular weight is 418 g/mol. The van der Waals surface area contributed by atoms with Crippen molar-refractivity contribution in [3.05, 3.63) is 59.6 Å². The van der Waals surface area contributed by atoms with Gasteiger partial charge in [0, 0.05) is 17.2 Å². The molecule has 3 heterocycles. The smallest absolute Gasteiger partial charge is 0.329 e. The van der Waals surface area contributed by atoms with Crippen LogP contribution < -0.4 is 4.31 Å². The molecule has 4 rings (SSSR count). The molecule has 0 saturated heterocycles. The fourth-order valence-electron chi connectivity index (χ4n) is 2.29. The molecule has 0 atom stereocenters. The minimum atomic E-state index is -5.23. The molecule has 3 aromatic rings. The second kappa shape index (κ2) is 6.59. The molecule has 0 amide bonds. The van der Waals surface area contributed by atoms with E-state index in [9.17, 15) is 21.6 Å². The molecular formula is C17H13F3N4O3S. The van der Waals surface area contributed by atoms with E-state index in [0.717, 1.165) is 12.3 Å². The predicted octanol–water partition coefficient (Wildman–Crippen LogP) is 3.04. The first kappa shape index (κ1) is 11.1. The van der Waals surface area contributed by atoms with Crippen LogP contribution in [-0.4, -0.2) is 29.2 Å². The minimum Gasteiger partial charge on any atom is -0.329 e. The molecule has 0 bridgehead atoms. The zero-order valence-electron chi connectivity index (χ0n) is 21.5. The summed E-state index contributed by atoms with van der Waals surface area (Å²) in [6.45, 7) is -0.784. The van der Waals surface area contributed by atoms with Crippen molar-refractivity contribution in [3.8, 4) is 11.4 Å². The molecule has 0 fully saturated rings. The summed E-state index contributed by atoms with van der Waals surface area (Å²) >= 11 is 0. The van der Waals surface area contributed by atoms with Gasteiger partial charge >= 0.3 is 12.1 Å². The third-order valence-electron chi connectivity index (χ3n) is 3.57. The normalized spacial score (nSPS) is 23.8. The number of hydrogen-bond acceptors (Lipinski definition) is 6. The third kappa shape index (κ3) is 3.44. The van der Waals surface area contributed by atoms with Gasteiger partial charge in [-0.05, 0) is 30.1 Å². The Balaban J connectivity index is 1.81. The molecule has 0 aliphatic carbocycles. The number of halogens is 3. The van der Waals surface area contributed by atoms with Crippen LogP contribution in [0.1, 0.15) is 28.1 Å². The summed E-state index contributed by atoms with van der Waals surface area (Å²) in [4.78, 5) is 7.12. The Kier molecular flexibility index (Phi) is 2.62. The lowest BCUT2D eigenvalue weighted by Gasteiger charge is -2.30. The Morgan fingerprint density at radius 1 is 1.29 bits per heavy atom. The second-order valence-corrected chi connectivity index (χ2v) is 7.02. The van der Waals surface area contributed by atoms with E-state index in [1.807, 2.05) is 0 Å². The van der Waals surface area contributed by atoms with Crippen LogP contribution >= 0.6 is 0 Å². The van der Waals surface area contributed by atoms with Crippen molar-refractivity contribution in [3.63, 3.8) is 0 Å². The summed E-state index contributed by atoms with van der Waals surface area (Å²) in [5, 5.41) is 3.20. The minimum absolute atomic E-state index is 0.0338. The Morgan fingerprint density at radius 3 is 2.75 bits per heavy atom. The average Bonchev–Trinajstić information content (AvgIpc) is 3.29. The van der Waals surface area contributed by atoms with E-state index in [-0.39, 0.29) is 11.3 Å². The first-order valence-corrected chi connectivity index (χ1v) is 8.86. The summed E-state index contributed by atoms with van der Waals surface area (Å²) in [5.41, 5.74) is -5.44. The second-order valence-electron chi connectivity index (χ2n) is 5.42. The molecule has 2 aromatic heterocycles. The summed E-state index contributed by atoms with van der Waals surface area (Å²) in [6.07, 6.45) is -7.23. The molecule has 146 valence electrons. The summed E-state index contributed by atoms with van der Waals surface area (Å²) in [5.74, 6) is -2.06. The van der Waals surface area contributed by atoms with Crippen molar-refractivity contribution in [2.75, 3.05) is 10.0 Å². The topological polar surface area (TPSA) is 89.2 Å². The highest BCUT2D eigenvalue weighted by molar-refractivity contribution is 7.92. The SMILES string of the molecule is [2H]c1c([2H])c([2H])c2c(c1[2H])N(Cc1ccc(-c3noc(C(F)(F)F)n3)cn1)S(=O)(=O)C([2H])([2H])C2([2H])[2H]. The molecule has 11 heteroatoms. The summed E-state index contributed by atoms with van der Waals surface area (Å²) in [7, 11) is -5.23. The quantitative estimate of drug-likeness (QED) is 0.650. The monoisotopic (exact) mass is 418 g/mol. The van der Waals surface area contributed by atoms with Gasteiger partial charge in [-0.25, -0.2) is 8.42 Å². The zero-order valence-corrected chi connectivity index (χ0v) is 14.3. The first-order valence-electron chi connectivity index (χ1n) is 11.4. The largest absolute Gasteiger partial charge is 0.471 e. The standard InChI is InChI=1S/C17H13F3N4O3S/c18-17(19,20)16-22-15(23-27-16)12-5-6-13(21-9-12)10-24-14-4-2-1-3-11(14)7-8-28(24,25)26/h1-6,9H,7-8,10H2/i1D,2D,3D,4D,7D2,8D2. The number of fused-ring (bicyclic) bond motifs is 1. The van der Waals surface area contributed by atoms with Gasteiger partial charge in [-0.3, -0.25) is 9.29 Å². The van der Waals surface area contributed by atoms with Crippen LogP contribution in [0.2, 0.25) is 0 Å². The number of nitrogens with zero attached hydrogens (tertiary/aromatic N) is 4. The number of benzene rings is 1. The molecule has 7 nitrogen and oxygen atoms in total. The number of hydrogen-bond donors (Lipinski definition) is 0. The van der Waals surface area contributed by atoms with Crippen LogP contribution in [0.15, 0.2) is 47.0 Å². The number of anilines is 1. The van der Waals surface area contributed by atoms with Gasteiger partial charge in [0.2, 0.25) is 15.8 Å². The number of alkyl halides is 3. The molecule has 28 heavy (non-hydrogen) atoms. The highest BCUT2D eigenvalue weighted by atomic mass is 32.2. The molecule has 0 radical (unpaired) electrons. The Hall–Kier alpha value is -2.95. The van der Waals surface area contributed by atoms with E-state index in [4.69, 9.17) is 11.0 Å². The van der Waals surface area contributed by atoms with Crippen molar-refractivity contribution in [1.82, 2.24) is 15.1 Å². The van der Waals surface area contributed by atoms with E-state index >= 15 is 0 Å². The van der Waals surface area contributed by atoms with Gasteiger partial charge < -0.3 is 4.52 Å². The molecule has 0 unspecified atom stereocenters. The van der Waals surface area contributed by atoms with Gasteiger partial charge in [-0.1, -0.05) is 23.3 Å². The maximum atomic E-state index is 13.2. The number of para-hydroxylation sites is 1. The van der Waals surface area contributed by atoms with Crippen molar-refractivity contribution < 1.29 is 37.1 Å². The van der Waals surface area contributed by atoms with Crippen molar-refractivity contribution >= 4 is 15.7 Å². The number of aromatic nitrogens is 3. The molecule has 1 aliphatic rings. The van der Waals surface area contributed by atoms with Crippen LogP contribution in [-0.2, 0) is 29.1 Å². The summed E-state index contributed by atoms with van der Waals surface area (Å²) < 4.78 is 133. The maximum absolute atomic E-state index is 13.2. The van der Waals surface area contributed by atoms with Crippen LogP contribution in [0, 0.1) is 0 Å². The molecular weight excluding hydrogens is 397 g/mol. The third-order valence-corrected chi connectivity index (χ3v) is 4.82. The van der Waals surface area contributed by atoms with Gasteiger partial charge in [-0.2, -0.15) is 18.2 Å². The zero-order chi connectivity index (χ0) is 27.0. The highest BCUT2D eigenvalue weighted by Crippen LogP contribution is 2.31. The number of rotatable bonds is 3. The molecule has 1 aromatic carbocycles. The van der Waals surface area contributed by atoms with Crippen molar-refractivity contribution in [2.24, 2.45) is 0 Å². The molecule has 1 aliphatic heterocycles. The fraction of sp³-hybridized carbons (Fsp3) is 0.235. The lowest BCUT2D eigenvalue weighted by molar-refractivity contribution is -0.159. The number of sulfonamides is 1. The van der Waals surface area contributed by atoms with Crippen molar-refractivity contribution in [2.45, 2.75) is 19.1 Å². The Morgan fingerprint density at radius 2 is 2.07 bits per heavy atom. The Bertz CT molecular complexity index is 1480. The van der Waals surface area contributed by atoms with Crippen LogP contribution in [0.3, 0.4) is 0 Å². The molecule has 0 N–H and O–H groups in total. The molecule has 0 spiro atoms. The first-order chi connectivity index (χ1) is 16.4. The van der Waals surface area contributed by atoms with E-state index in [0.29, 0.717) is 4.31 Å². The maximum Gasteiger partial charge on any atom is 0.471 e. The fourth-order valence-corrected chi connectivity index (χ4v) is 3.31. The highest BCUT2D eigenvalue weighted by Gasteiger charge is 2.38. The van der Waals surface area contributed by atoms with Gasteiger partial charge in [0.1, 0.15) is 0 Å². The van der Waals surface area contributed by atoms with Crippen LogP contribution in [0.25, 0.3) is 11.4 Å². The number of pyridine rings is 1. The van der Waals surface area contributed by atoms with Gasteiger partial charge in [0.05, 0.1) is 29.1 Å². The van der Waals surface area contributed by atoms with Gasteiger partial charge in [-0.15, -0.1) is 0 Å². The van der Waals surface area contributed by atoms with Crippen LogP contribution in [0.4, 0.5) is 18.9 Å². The van der Waals surface area contributed by atoms with E-state index < -0.39 is 82.0 Å². The van der Waals surface area contributed by atoms with Crippen LogP contribution in [0.5, 0.6) is 0 Å². The van der Waals surface area contributed by atoms with E-state index in [1.54, 1.807) is 0 Å². The van der Waals surface area contributed by atoms with E-state index in [1.165, 1.54) is 6.07 Å². The lowest BCUT2D eigenvalue weighted by atomic mass is 10.1. The Labute approximate surface area is 169 Å². The van der Waals surface area contributed by atoms with Gasteiger partial charge in [0.25, 0.3) is 0 Å². The lowest BCUT2D eigenvalue weighted by Crippen LogP contribution is -2.37. The summed E-state index contributed by atoms with van der Waals surface area (Å²) in [6, 6.07) is -1.26.